The van der Waals surface area contributed by atoms with Crippen molar-refractivity contribution in [3.63, 3.8) is 0 Å². The zero-order valence-corrected chi connectivity index (χ0v) is 55.5. The molecular weight excluding hydrogens is 1140 g/mol. The normalized spacial score (nSPS) is 11.6. The maximum Gasteiger partial charge on any atom is 0.164 e. The Labute approximate surface area is 550 Å². The molecule has 0 aliphatic heterocycles. The Morgan fingerprint density at radius 3 is 0.904 bits per heavy atom. The first-order chi connectivity index (χ1) is 45.5. The molecule has 3 heterocycles. The summed E-state index contributed by atoms with van der Waals surface area (Å²) in [5, 5.41) is 16.6. The van der Waals surface area contributed by atoms with Crippen molar-refractivity contribution < 1.29 is 0 Å². The molecule has 0 atom stereocenters. The Morgan fingerprint density at radius 1 is 0.266 bits per heavy atom. The molecule has 0 radical (unpaired) electrons. The molecule has 0 aliphatic carbocycles. The number of hydrogen-bond acceptors (Lipinski definition) is 4. The summed E-state index contributed by atoms with van der Waals surface area (Å²) >= 11 is 0. The highest BCUT2D eigenvalue weighted by Gasteiger charge is 2.26. The average molecular weight is 1210 g/mol. The smallest absolute Gasteiger partial charge is 0.164 e. The van der Waals surface area contributed by atoms with Gasteiger partial charge in [0.25, 0.3) is 0 Å². The summed E-state index contributed by atoms with van der Waals surface area (Å²) in [5.41, 5.74) is 35.1. The minimum atomic E-state index is 0.534. The van der Waals surface area contributed by atoms with Crippen molar-refractivity contribution in [3.8, 4) is 107 Å². The van der Waals surface area contributed by atoms with E-state index in [0.717, 1.165) is 105 Å². The van der Waals surface area contributed by atoms with Crippen molar-refractivity contribution in [1.82, 2.24) is 24.1 Å². The van der Waals surface area contributed by atoms with Crippen LogP contribution in [0.2, 0.25) is 0 Å². The summed E-state index contributed by atoms with van der Waals surface area (Å²) in [4.78, 5) is 15.7. The number of hydrogen-bond donors (Lipinski definition) is 0. The first-order valence-corrected chi connectivity index (χ1v) is 32.5. The van der Waals surface area contributed by atoms with Gasteiger partial charge in [-0.2, -0.15) is 5.26 Å². The van der Waals surface area contributed by atoms with Gasteiger partial charge < -0.3 is 9.13 Å². The van der Waals surface area contributed by atoms with E-state index in [0.29, 0.717) is 23.0 Å². The van der Waals surface area contributed by atoms with Crippen LogP contribution in [0.3, 0.4) is 0 Å². The Bertz CT molecular complexity index is 5310. The van der Waals surface area contributed by atoms with Crippen LogP contribution < -0.4 is 0 Å². The fraction of sp³-hybridized carbons (Fsp3) is 0.136. The summed E-state index contributed by atoms with van der Waals surface area (Å²) in [6, 6.07) is 82.1. The number of rotatable bonds is 10. The van der Waals surface area contributed by atoms with Crippen molar-refractivity contribution in [2.75, 3.05) is 0 Å². The van der Waals surface area contributed by atoms with Crippen LogP contribution >= 0.6 is 0 Å². The van der Waals surface area contributed by atoms with E-state index in [1.165, 1.54) is 89.0 Å². The number of nitriles is 1. The largest absolute Gasteiger partial charge is 0.309 e. The van der Waals surface area contributed by atoms with Crippen molar-refractivity contribution in [3.05, 3.63) is 291 Å². The molecule has 454 valence electrons. The number of aromatic nitrogens is 5. The molecule has 0 spiro atoms. The molecule has 0 fully saturated rings. The van der Waals surface area contributed by atoms with Gasteiger partial charge in [0.05, 0.1) is 39.0 Å². The van der Waals surface area contributed by atoms with E-state index in [1.807, 2.05) is 60.7 Å². The van der Waals surface area contributed by atoms with Gasteiger partial charge in [-0.05, 0) is 233 Å². The fourth-order valence-electron chi connectivity index (χ4n) is 15.8. The SMILES string of the molecule is Cc1cc(C)c(-c2ccc3c(c2)c2cc(-c4c(C)cc(C)cc4C)ccc2n3-c2cc(-c3nc(-c4ccccc4)nc(-c4ccccc4)n3)ccc2-c2cccc(-n3c4ccc(-c5c(C)cc(C)cc5C)cc4c4cc(-c5c(C)cc(C)cc5C)ccc43)c2C#N)c(C)c1. The maximum absolute atomic E-state index is 12.1. The van der Waals surface area contributed by atoms with E-state index in [9.17, 15) is 5.26 Å². The molecule has 0 aliphatic rings. The number of aryl methyl sites for hydroxylation is 12. The summed E-state index contributed by atoms with van der Waals surface area (Å²) in [6.07, 6.45) is 0. The van der Waals surface area contributed by atoms with Gasteiger partial charge in [-0.1, -0.05) is 180 Å². The molecule has 94 heavy (non-hydrogen) atoms. The monoisotopic (exact) mass is 1210 g/mol. The Balaban J connectivity index is 1.02. The van der Waals surface area contributed by atoms with E-state index in [2.05, 4.69) is 256 Å². The fourth-order valence-corrected chi connectivity index (χ4v) is 15.8. The molecule has 0 bridgehead atoms. The third-order valence-corrected chi connectivity index (χ3v) is 19.3. The average Bonchev–Trinajstić information content (AvgIpc) is 1.57. The summed E-state index contributed by atoms with van der Waals surface area (Å²) in [7, 11) is 0. The van der Waals surface area contributed by atoms with Crippen LogP contribution in [0, 0.1) is 94.4 Å². The van der Waals surface area contributed by atoms with Gasteiger partial charge in [0.2, 0.25) is 0 Å². The highest BCUT2D eigenvalue weighted by molar-refractivity contribution is 6.14. The molecule has 6 nitrogen and oxygen atoms in total. The minimum absolute atomic E-state index is 0.534. The summed E-state index contributed by atoms with van der Waals surface area (Å²) < 4.78 is 4.74. The van der Waals surface area contributed by atoms with Crippen LogP contribution in [0.5, 0.6) is 0 Å². The molecule has 0 amide bonds. The lowest BCUT2D eigenvalue weighted by molar-refractivity contribution is 1.07. The van der Waals surface area contributed by atoms with Crippen molar-refractivity contribution >= 4 is 43.6 Å². The summed E-state index contributed by atoms with van der Waals surface area (Å²) in [6.45, 7) is 26.5. The molecular formula is C88H72N6. The van der Waals surface area contributed by atoms with Gasteiger partial charge in [-0.3, -0.25) is 0 Å². The lowest BCUT2D eigenvalue weighted by atomic mass is 9.91. The topological polar surface area (TPSA) is 72.3 Å². The predicted molar refractivity (Wildman–Crippen MR) is 394 cm³/mol. The Hall–Kier alpha value is -11.3. The third-order valence-electron chi connectivity index (χ3n) is 19.3. The molecule has 6 heteroatoms. The molecule has 0 unspecified atom stereocenters. The predicted octanol–water partition coefficient (Wildman–Crippen LogP) is 23.0. The van der Waals surface area contributed by atoms with E-state index in [4.69, 9.17) is 15.0 Å². The van der Waals surface area contributed by atoms with Gasteiger partial charge in [0, 0.05) is 49.4 Å². The molecule has 0 saturated heterocycles. The number of benzene rings is 12. The van der Waals surface area contributed by atoms with Crippen molar-refractivity contribution in [1.29, 1.82) is 5.26 Å². The third kappa shape index (κ3) is 10.1. The van der Waals surface area contributed by atoms with Crippen molar-refractivity contribution in [2.45, 2.75) is 83.1 Å². The van der Waals surface area contributed by atoms with Gasteiger partial charge in [-0.25, -0.2) is 15.0 Å². The van der Waals surface area contributed by atoms with Gasteiger partial charge >= 0.3 is 0 Å². The van der Waals surface area contributed by atoms with Crippen molar-refractivity contribution in [2.24, 2.45) is 0 Å². The minimum Gasteiger partial charge on any atom is -0.309 e. The molecule has 15 aromatic rings. The van der Waals surface area contributed by atoms with E-state index in [1.54, 1.807) is 0 Å². The zero-order chi connectivity index (χ0) is 65.0. The van der Waals surface area contributed by atoms with Gasteiger partial charge in [0.15, 0.2) is 17.5 Å². The summed E-state index contributed by atoms with van der Waals surface area (Å²) in [5.74, 6) is 1.69. The quantitative estimate of drug-likeness (QED) is 0.137. The number of nitrogens with zero attached hydrogens (tertiary/aromatic N) is 6. The van der Waals surface area contributed by atoms with Gasteiger partial charge in [0.1, 0.15) is 6.07 Å². The first kappa shape index (κ1) is 59.1. The highest BCUT2D eigenvalue weighted by atomic mass is 15.0. The van der Waals surface area contributed by atoms with E-state index >= 15 is 0 Å². The Morgan fingerprint density at radius 2 is 0.574 bits per heavy atom. The molecule has 0 saturated carbocycles. The van der Waals surface area contributed by atoms with E-state index < -0.39 is 0 Å². The zero-order valence-electron chi connectivity index (χ0n) is 55.5. The lowest BCUT2D eigenvalue weighted by Crippen LogP contribution is -2.04. The van der Waals surface area contributed by atoms with Crippen LogP contribution in [0.4, 0.5) is 0 Å². The molecule has 15 rings (SSSR count). The van der Waals surface area contributed by atoms with Crippen LogP contribution in [-0.2, 0) is 0 Å². The second-order valence-electron chi connectivity index (χ2n) is 26.3. The van der Waals surface area contributed by atoms with Crippen LogP contribution in [0.15, 0.2) is 218 Å². The van der Waals surface area contributed by atoms with Crippen LogP contribution in [-0.4, -0.2) is 24.1 Å². The number of fused-ring (bicyclic) bond motifs is 6. The maximum atomic E-state index is 12.1. The first-order valence-electron chi connectivity index (χ1n) is 32.5. The standard InChI is InChI=1S/C88H72N6/c1-50-36-54(5)82(55(6)37-50)64-27-32-77-71(44-64)72-45-65(83-56(7)38-51(2)39-57(83)8)28-33-78(72)93(77)76-25-19-24-69(75(76)49-89)70-31-26-68(88-91-86(62-20-15-13-16-21-62)90-87(92-88)63-22-17-14-18-23-63)48-81(70)94-79-34-29-66(84-58(9)40-52(3)41-59(84)10)46-73(79)74-47-67(30-35-80(74)94)85-60(11)42-53(4)43-61(85)12/h13-48H,1-12H3. The highest BCUT2D eigenvalue weighted by Crippen LogP contribution is 2.46. The Kier molecular flexibility index (Phi) is 14.5. The second-order valence-corrected chi connectivity index (χ2v) is 26.3. The van der Waals surface area contributed by atoms with Gasteiger partial charge in [-0.15, -0.1) is 0 Å². The molecule has 0 N–H and O–H groups in total. The molecule has 3 aromatic heterocycles. The van der Waals surface area contributed by atoms with E-state index in [-0.39, 0.29) is 0 Å². The van der Waals surface area contributed by atoms with Crippen LogP contribution in [0.25, 0.3) is 145 Å². The molecule has 12 aromatic carbocycles. The lowest BCUT2D eigenvalue weighted by Gasteiger charge is -2.19. The second kappa shape index (κ2) is 23.1. The van der Waals surface area contributed by atoms with Crippen LogP contribution in [0.1, 0.15) is 72.3 Å².